The predicted molar refractivity (Wildman–Crippen MR) is 38.2 cm³/mol. The van der Waals surface area contributed by atoms with E-state index in [9.17, 15) is 4.79 Å². The largest absolute Gasteiger partial charge is 0.431 e. The van der Waals surface area contributed by atoms with Crippen LogP contribution in [0.15, 0.2) is 12.3 Å². The first-order chi connectivity index (χ1) is 4.74. The molecule has 1 aliphatic rings. The molecule has 0 amide bonds. The van der Waals surface area contributed by atoms with Gasteiger partial charge in [0.05, 0.1) is 6.42 Å². The molecule has 1 unspecified atom stereocenters. The molecular weight excluding hydrogens is 128 g/mol. The van der Waals surface area contributed by atoms with Crippen LogP contribution < -0.4 is 0 Å². The van der Waals surface area contributed by atoms with Crippen LogP contribution in [-0.4, -0.2) is 5.97 Å². The molecule has 0 saturated carbocycles. The van der Waals surface area contributed by atoms with E-state index >= 15 is 0 Å². The maximum atomic E-state index is 10.7. The van der Waals surface area contributed by atoms with Gasteiger partial charge in [0, 0.05) is 5.92 Å². The molecule has 1 heterocycles. The lowest BCUT2D eigenvalue weighted by molar-refractivity contribution is -0.135. The van der Waals surface area contributed by atoms with Crippen LogP contribution in [0.25, 0.3) is 0 Å². The van der Waals surface area contributed by atoms with Crippen molar-refractivity contribution in [2.75, 3.05) is 0 Å². The molecule has 0 aromatic heterocycles. The van der Waals surface area contributed by atoms with Crippen LogP contribution >= 0.6 is 0 Å². The molecule has 0 bridgehead atoms. The van der Waals surface area contributed by atoms with E-state index in [1.54, 1.807) is 0 Å². The van der Waals surface area contributed by atoms with E-state index < -0.39 is 0 Å². The summed E-state index contributed by atoms with van der Waals surface area (Å²) >= 11 is 0. The molecule has 1 saturated heterocycles. The Balaban J connectivity index is 2.46. The molecule has 1 rings (SSSR count). The summed E-state index contributed by atoms with van der Waals surface area (Å²) in [6.45, 7) is 5.75. The smallest absolute Gasteiger partial charge is 0.311 e. The van der Waals surface area contributed by atoms with E-state index in [2.05, 4.69) is 13.5 Å². The third kappa shape index (κ3) is 1.38. The average molecular weight is 140 g/mol. The number of rotatable bonds is 2. The number of allylic oxidation sites excluding steroid dienone is 1. The summed E-state index contributed by atoms with van der Waals surface area (Å²) in [5.74, 6) is 0.827. The van der Waals surface area contributed by atoms with Crippen LogP contribution in [0.4, 0.5) is 0 Å². The van der Waals surface area contributed by atoms with Gasteiger partial charge in [0.15, 0.2) is 0 Å². The van der Waals surface area contributed by atoms with Gasteiger partial charge in [0.2, 0.25) is 0 Å². The number of carbonyl (C=O) groups is 1. The molecule has 10 heavy (non-hydrogen) atoms. The van der Waals surface area contributed by atoms with Crippen molar-refractivity contribution in [3.63, 3.8) is 0 Å². The zero-order valence-electron chi connectivity index (χ0n) is 6.22. The Bertz CT molecular complexity index is 161. The summed E-state index contributed by atoms with van der Waals surface area (Å²) in [7, 11) is 0. The summed E-state index contributed by atoms with van der Waals surface area (Å²) in [6.07, 6.45) is 2.64. The topological polar surface area (TPSA) is 26.3 Å². The van der Waals surface area contributed by atoms with Gasteiger partial charge in [-0.15, -0.1) is 0 Å². The van der Waals surface area contributed by atoms with Crippen molar-refractivity contribution in [2.45, 2.75) is 26.2 Å². The lowest BCUT2D eigenvalue weighted by Crippen LogP contribution is -1.95. The molecule has 1 aliphatic heterocycles. The molecule has 1 fully saturated rings. The fourth-order valence-corrected chi connectivity index (χ4v) is 1.20. The molecule has 0 aromatic rings. The zero-order valence-corrected chi connectivity index (χ0v) is 6.22. The number of hydrogen-bond donors (Lipinski definition) is 0. The molecule has 0 N–H and O–H groups in total. The average Bonchev–Trinajstić information content (AvgIpc) is 2.13. The summed E-state index contributed by atoms with van der Waals surface area (Å²) < 4.78 is 4.79. The van der Waals surface area contributed by atoms with E-state index in [4.69, 9.17) is 4.74 Å². The van der Waals surface area contributed by atoms with Crippen LogP contribution in [0, 0.1) is 5.92 Å². The normalized spacial score (nSPS) is 25.1. The van der Waals surface area contributed by atoms with Crippen LogP contribution in [-0.2, 0) is 9.53 Å². The van der Waals surface area contributed by atoms with Gasteiger partial charge in [0.1, 0.15) is 5.76 Å². The van der Waals surface area contributed by atoms with Crippen LogP contribution in [0.1, 0.15) is 26.2 Å². The van der Waals surface area contributed by atoms with Gasteiger partial charge in [0.25, 0.3) is 0 Å². The monoisotopic (exact) mass is 140 g/mol. The predicted octanol–water partition coefficient (Wildman–Crippen LogP) is 1.86. The van der Waals surface area contributed by atoms with Crippen molar-refractivity contribution < 1.29 is 9.53 Å². The number of esters is 1. The van der Waals surface area contributed by atoms with Crippen molar-refractivity contribution in [3.05, 3.63) is 12.3 Å². The van der Waals surface area contributed by atoms with Crippen LogP contribution in [0.3, 0.4) is 0 Å². The Hall–Kier alpha value is -0.790. The van der Waals surface area contributed by atoms with Gasteiger partial charge in [-0.2, -0.15) is 0 Å². The van der Waals surface area contributed by atoms with Gasteiger partial charge >= 0.3 is 5.97 Å². The zero-order chi connectivity index (χ0) is 7.56. The fraction of sp³-hybridized carbons (Fsp3) is 0.625. The van der Waals surface area contributed by atoms with E-state index in [-0.39, 0.29) is 11.9 Å². The Labute approximate surface area is 60.9 Å². The molecule has 0 spiro atoms. The van der Waals surface area contributed by atoms with Crippen molar-refractivity contribution in [3.8, 4) is 0 Å². The molecule has 2 heteroatoms. The highest BCUT2D eigenvalue weighted by atomic mass is 16.5. The lowest BCUT2D eigenvalue weighted by atomic mass is 10.0. The molecule has 1 atom stereocenters. The van der Waals surface area contributed by atoms with Crippen molar-refractivity contribution in [2.24, 2.45) is 5.92 Å². The van der Waals surface area contributed by atoms with Gasteiger partial charge in [-0.1, -0.05) is 19.9 Å². The Morgan fingerprint density at radius 1 is 1.80 bits per heavy atom. The Morgan fingerprint density at radius 2 is 2.50 bits per heavy atom. The molecular formula is C8H12O2. The SMILES string of the molecule is C=C1OC(=O)CC1CCC. The number of carbonyl (C=O) groups excluding carboxylic acids is 1. The van der Waals surface area contributed by atoms with Crippen LogP contribution in [0.2, 0.25) is 0 Å². The summed E-state index contributed by atoms with van der Waals surface area (Å²) in [6, 6.07) is 0. The quantitative estimate of drug-likeness (QED) is 0.547. The molecule has 0 aliphatic carbocycles. The molecule has 56 valence electrons. The highest BCUT2D eigenvalue weighted by Crippen LogP contribution is 2.27. The number of cyclic esters (lactones) is 1. The molecule has 2 nitrogen and oxygen atoms in total. The third-order valence-electron chi connectivity index (χ3n) is 1.75. The Kier molecular flexibility index (Phi) is 2.10. The third-order valence-corrected chi connectivity index (χ3v) is 1.75. The van der Waals surface area contributed by atoms with E-state index in [0.717, 1.165) is 12.8 Å². The lowest BCUT2D eigenvalue weighted by Gasteiger charge is -2.02. The highest BCUT2D eigenvalue weighted by Gasteiger charge is 2.26. The van der Waals surface area contributed by atoms with Crippen molar-refractivity contribution in [1.29, 1.82) is 0 Å². The second kappa shape index (κ2) is 2.86. The van der Waals surface area contributed by atoms with Crippen molar-refractivity contribution in [1.82, 2.24) is 0 Å². The van der Waals surface area contributed by atoms with Gasteiger partial charge in [-0.3, -0.25) is 4.79 Å². The van der Waals surface area contributed by atoms with Gasteiger partial charge in [-0.05, 0) is 6.42 Å². The second-order valence-corrected chi connectivity index (χ2v) is 2.63. The minimum atomic E-state index is -0.122. The second-order valence-electron chi connectivity index (χ2n) is 2.63. The summed E-state index contributed by atoms with van der Waals surface area (Å²) in [5.41, 5.74) is 0. The minimum absolute atomic E-state index is 0.122. The highest BCUT2D eigenvalue weighted by molar-refractivity contribution is 5.74. The van der Waals surface area contributed by atoms with Crippen molar-refractivity contribution >= 4 is 5.97 Å². The number of hydrogen-bond acceptors (Lipinski definition) is 2. The minimum Gasteiger partial charge on any atom is -0.431 e. The summed E-state index contributed by atoms with van der Waals surface area (Å²) in [4.78, 5) is 10.7. The van der Waals surface area contributed by atoms with Gasteiger partial charge < -0.3 is 4.74 Å². The molecule has 0 aromatic carbocycles. The summed E-state index contributed by atoms with van der Waals surface area (Å²) in [5, 5.41) is 0. The fourth-order valence-electron chi connectivity index (χ4n) is 1.20. The van der Waals surface area contributed by atoms with E-state index in [1.165, 1.54) is 0 Å². The van der Waals surface area contributed by atoms with Gasteiger partial charge in [-0.25, -0.2) is 0 Å². The number of ether oxygens (including phenoxy) is 1. The maximum absolute atomic E-state index is 10.7. The van der Waals surface area contributed by atoms with E-state index in [1.807, 2.05) is 0 Å². The first kappa shape index (κ1) is 7.32. The molecule has 0 radical (unpaired) electrons. The first-order valence-corrected chi connectivity index (χ1v) is 3.63. The first-order valence-electron chi connectivity index (χ1n) is 3.63. The van der Waals surface area contributed by atoms with Crippen LogP contribution in [0.5, 0.6) is 0 Å². The standard InChI is InChI=1S/C8H12O2/c1-3-4-7-5-8(9)10-6(7)2/h7H,2-5H2,1H3. The maximum Gasteiger partial charge on any atom is 0.311 e. The Morgan fingerprint density at radius 3 is 2.90 bits per heavy atom. The van der Waals surface area contributed by atoms with E-state index in [0.29, 0.717) is 12.2 Å².